The van der Waals surface area contributed by atoms with E-state index < -0.39 is 4.92 Å². The summed E-state index contributed by atoms with van der Waals surface area (Å²) in [6, 6.07) is 12.5. The summed E-state index contributed by atoms with van der Waals surface area (Å²) in [4.78, 5) is 27.9. The molecule has 1 fully saturated rings. The van der Waals surface area contributed by atoms with E-state index in [1.165, 1.54) is 17.4 Å². The monoisotopic (exact) mass is 408 g/mol. The molecule has 146 valence electrons. The normalized spacial score (nSPS) is 16.1. The second kappa shape index (κ2) is 6.85. The zero-order valence-electron chi connectivity index (χ0n) is 15.2. The first-order valence-electron chi connectivity index (χ1n) is 9.15. The number of anilines is 1. The van der Waals surface area contributed by atoms with Crippen LogP contribution in [0.15, 0.2) is 52.8 Å². The van der Waals surface area contributed by atoms with Crippen molar-refractivity contribution in [3.05, 3.63) is 62.8 Å². The van der Waals surface area contributed by atoms with Crippen molar-refractivity contribution in [2.24, 2.45) is 4.99 Å². The van der Waals surface area contributed by atoms with Crippen LogP contribution in [0.25, 0.3) is 11.3 Å². The fourth-order valence-electron chi connectivity index (χ4n) is 3.36. The lowest BCUT2D eigenvalue weighted by Crippen LogP contribution is -2.25. The predicted molar refractivity (Wildman–Crippen MR) is 108 cm³/mol. The smallest absolute Gasteiger partial charge is 0.294 e. The first kappa shape index (κ1) is 17.6. The number of nitro benzene ring substituents is 1. The van der Waals surface area contributed by atoms with Gasteiger partial charge in [-0.15, -0.1) is 11.3 Å². The van der Waals surface area contributed by atoms with Crippen LogP contribution >= 0.6 is 11.3 Å². The summed E-state index contributed by atoms with van der Waals surface area (Å²) in [6.07, 6.45) is 2.08. The number of para-hydroxylation sites is 2. The molecule has 1 aromatic heterocycles. The Hall–Kier alpha value is -3.46. The topological polar surface area (TPSA) is 98.8 Å². The van der Waals surface area contributed by atoms with Gasteiger partial charge in [0.15, 0.2) is 11.4 Å². The minimum absolute atomic E-state index is 0.0153. The number of benzene rings is 2. The molecule has 5 rings (SSSR count). The molecule has 1 aliphatic heterocycles. The van der Waals surface area contributed by atoms with Gasteiger partial charge in [-0.2, -0.15) is 0 Å². The van der Waals surface area contributed by atoms with E-state index in [1.54, 1.807) is 18.2 Å². The van der Waals surface area contributed by atoms with Crippen LogP contribution in [0.5, 0.6) is 5.75 Å². The Morgan fingerprint density at radius 3 is 2.86 bits per heavy atom. The second-order valence-corrected chi connectivity index (χ2v) is 7.75. The van der Waals surface area contributed by atoms with Gasteiger partial charge in [0.2, 0.25) is 0 Å². The molecule has 8 nitrogen and oxygen atoms in total. The molecule has 0 unspecified atom stereocenters. The highest BCUT2D eigenvalue weighted by molar-refractivity contribution is 7.07. The summed E-state index contributed by atoms with van der Waals surface area (Å²) in [5.41, 5.74) is 2.87. The summed E-state index contributed by atoms with van der Waals surface area (Å²) < 4.78 is 7.57. The third-order valence-corrected chi connectivity index (χ3v) is 5.70. The molecule has 0 spiro atoms. The first-order chi connectivity index (χ1) is 14.1. The van der Waals surface area contributed by atoms with Gasteiger partial charge in [-0.3, -0.25) is 14.9 Å². The maximum absolute atomic E-state index is 11.6. The molecule has 0 atom stereocenters. The number of hydrogen-bond donors (Lipinski definition) is 1. The molecule has 1 aliphatic carbocycles. The molecule has 0 radical (unpaired) electrons. The maximum atomic E-state index is 11.6. The number of rotatable bonds is 4. The molecular weight excluding hydrogens is 392 g/mol. The largest absolute Gasteiger partial charge is 0.482 e. The Balaban J connectivity index is 1.63. The van der Waals surface area contributed by atoms with E-state index >= 15 is 0 Å². The molecule has 3 aromatic rings. The zero-order valence-corrected chi connectivity index (χ0v) is 16.0. The van der Waals surface area contributed by atoms with Gasteiger partial charge in [-0.1, -0.05) is 12.1 Å². The van der Waals surface area contributed by atoms with Gasteiger partial charge in [0, 0.05) is 23.1 Å². The van der Waals surface area contributed by atoms with Crippen LogP contribution in [0.4, 0.5) is 17.1 Å². The number of ether oxygens (including phenoxy) is 1. The Morgan fingerprint density at radius 2 is 2.07 bits per heavy atom. The molecule has 9 heteroatoms. The van der Waals surface area contributed by atoms with Crippen LogP contribution in [0.1, 0.15) is 18.9 Å². The van der Waals surface area contributed by atoms with Gasteiger partial charge in [0.25, 0.3) is 11.6 Å². The molecule has 2 aromatic carbocycles. The fourth-order valence-corrected chi connectivity index (χ4v) is 4.34. The highest BCUT2D eigenvalue weighted by Crippen LogP contribution is 2.40. The first-order valence-corrected chi connectivity index (χ1v) is 10.0. The molecule has 2 heterocycles. The van der Waals surface area contributed by atoms with Gasteiger partial charge >= 0.3 is 0 Å². The molecule has 1 saturated carbocycles. The number of hydrogen-bond acceptors (Lipinski definition) is 6. The van der Waals surface area contributed by atoms with Crippen LogP contribution in [-0.4, -0.2) is 22.0 Å². The van der Waals surface area contributed by atoms with Gasteiger partial charge in [-0.25, -0.2) is 4.99 Å². The van der Waals surface area contributed by atoms with Crippen molar-refractivity contribution < 1.29 is 14.5 Å². The van der Waals surface area contributed by atoms with Crippen LogP contribution in [0.3, 0.4) is 0 Å². The summed E-state index contributed by atoms with van der Waals surface area (Å²) in [7, 11) is 0. The van der Waals surface area contributed by atoms with E-state index in [4.69, 9.17) is 4.74 Å². The van der Waals surface area contributed by atoms with E-state index in [0.717, 1.165) is 28.9 Å². The number of carbonyl (C=O) groups excluding carboxylic acids is 1. The van der Waals surface area contributed by atoms with Crippen LogP contribution < -0.4 is 14.9 Å². The summed E-state index contributed by atoms with van der Waals surface area (Å²) in [6.45, 7) is 0.0196. The van der Waals surface area contributed by atoms with E-state index in [1.807, 2.05) is 23.6 Å². The van der Waals surface area contributed by atoms with Crippen LogP contribution in [0.2, 0.25) is 0 Å². The van der Waals surface area contributed by atoms with E-state index in [0.29, 0.717) is 23.2 Å². The van der Waals surface area contributed by atoms with Gasteiger partial charge in [0.05, 0.1) is 16.3 Å². The number of fused-ring (bicyclic) bond motifs is 1. The standard InChI is InChI=1S/C20H16N4O4S/c25-19-10-28-18-8-5-12(9-15(18)21-19)17-11-29-20(23(17)13-6-7-13)22-14-3-1-2-4-16(14)24(26)27/h1-5,8-9,11,13H,6-7,10H2,(H,21,25). The lowest BCUT2D eigenvalue weighted by atomic mass is 10.1. The summed E-state index contributed by atoms with van der Waals surface area (Å²) in [5, 5.41) is 16.2. The molecule has 1 amide bonds. The van der Waals surface area contributed by atoms with E-state index in [9.17, 15) is 14.9 Å². The molecular formula is C20H16N4O4S. The van der Waals surface area contributed by atoms with Gasteiger partial charge in [-0.05, 0) is 37.1 Å². The van der Waals surface area contributed by atoms with Crippen LogP contribution in [0, 0.1) is 10.1 Å². The lowest BCUT2D eigenvalue weighted by Gasteiger charge is -2.19. The molecule has 29 heavy (non-hydrogen) atoms. The Bertz CT molecular complexity index is 1210. The van der Waals surface area contributed by atoms with Crippen molar-refractivity contribution in [3.8, 4) is 17.0 Å². The number of thiazole rings is 1. The Labute approximate surface area is 169 Å². The van der Waals surface area contributed by atoms with Crippen LogP contribution in [-0.2, 0) is 4.79 Å². The lowest BCUT2D eigenvalue weighted by molar-refractivity contribution is -0.384. The average molecular weight is 408 g/mol. The average Bonchev–Trinajstić information content (AvgIpc) is 3.47. The number of amides is 1. The highest BCUT2D eigenvalue weighted by atomic mass is 32.1. The summed E-state index contributed by atoms with van der Waals surface area (Å²) in [5.74, 6) is 0.466. The minimum atomic E-state index is -0.416. The molecule has 0 saturated heterocycles. The van der Waals surface area contributed by atoms with Gasteiger partial charge in [0.1, 0.15) is 11.4 Å². The molecule has 2 aliphatic rings. The van der Waals surface area contributed by atoms with Crippen molar-refractivity contribution in [1.82, 2.24) is 4.57 Å². The SMILES string of the molecule is O=C1COc2ccc(-c3csc(=Nc4ccccc4[N+](=O)[O-])n3C3CC3)cc2N1. The number of nitrogens with one attached hydrogen (secondary N) is 1. The number of nitro groups is 1. The Kier molecular flexibility index (Phi) is 4.17. The second-order valence-electron chi connectivity index (χ2n) is 6.91. The van der Waals surface area contributed by atoms with Crippen molar-refractivity contribution in [3.63, 3.8) is 0 Å². The summed E-state index contributed by atoms with van der Waals surface area (Å²) >= 11 is 1.45. The third kappa shape index (κ3) is 3.29. The molecule has 0 bridgehead atoms. The van der Waals surface area contributed by atoms with E-state index in [2.05, 4.69) is 14.9 Å². The van der Waals surface area contributed by atoms with Crippen molar-refractivity contribution in [2.45, 2.75) is 18.9 Å². The fraction of sp³-hybridized carbons (Fsp3) is 0.200. The highest BCUT2D eigenvalue weighted by Gasteiger charge is 2.28. The van der Waals surface area contributed by atoms with E-state index in [-0.39, 0.29) is 18.2 Å². The third-order valence-electron chi connectivity index (χ3n) is 4.86. The Morgan fingerprint density at radius 1 is 1.24 bits per heavy atom. The van der Waals surface area contributed by atoms with Crippen molar-refractivity contribution in [1.29, 1.82) is 0 Å². The zero-order chi connectivity index (χ0) is 20.0. The maximum Gasteiger partial charge on any atom is 0.294 e. The van der Waals surface area contributed by atoms with Crippen molar-refractivity contribution in [2.75, 3.05) is 11.9 Å². The predicted octanol–water partition coefficient (Wildman–Crippen LogP) is 4.02. The number of aromatic nitrogens is 1. The minimum Gasteiger partial charge on any atom is -0.482 e. The molecule has 1 N–H and O–H groups in total. The number of nitrogens with zero attached hydrogens (tertiary/aromatic N) is 3. The number of carbonyl (C=O) groups is 1. The van der Waals surface area contributed by atoms with Gasteiger partial charge < -0.3 is 14.6 Å². The quantitative estimate of drug-likeness (QED) is 0.521. The van der Waals surface area contributed by atoms with Crippen molar-refractivity contribution >= 4 is 34.3 Å².